The average molecular weight is 249 g/mol. The third kappa shape index (κ3) is 2.60. The summed E-state index contributed by atoms with van der Waals surface area (Å²) >= 11 is 0. The third-order valence-corrected chi connectivity index (χ3v) is 2.11. The van der Waals surface area contributed by atoms with Gasteiger partial charge >= 0.3 is 0 Å². The Kier molecular flexibility index (Phi) is 3.18. The first-order chi connectivity index (χ1) is 8.56. The van der Waals surface area contributed by atoms with Crippen LogP contribution in [-0.2, 0) is 0 Å². The molecule has 0 radical (unpaired) electrons. The molecule has 2 aromatic rings. The minimum Gasteiger partial charge on any atom is -0.438 e. The van der Waals surface area contributed by atoms with Crippen LogP contribution in [0.3, 0.4) is 0 Å². The van der Waals surface area contributed by atoms with Crippen LogP contribution in [0.15, 0.2) is 36.5 Å². The number of nitrogens with zero attached hydrogens (tertiary/aromatic N) is 1. The fourth-order valence-corrected chi connectivity index (χ4v) is 1.38. The number of aromatic nitrogens is 1. The zero-order chi connectivity index (χ0) is 13.1. The van der Waals surface area contributed by atoms with E-state index < -0.39 is 11.6 Å². The molecule has 1 aromatic heterocycles. The summed E-state index contributed by atoms with van der Waals surface area (Å²) in [5.74, 6) is -1.78. The van der Waals surface area contributed by atoms with Crippen LogP contribution in [0, 0.1) is 17.0 Å². The summed E-state index contributed by atoms with van der Waals surface area (Å²) in [5, 5.41) is 7.34. The van der Waals surface area contributed by atoms with E-state index in [4.69, 9.17) is 15.9 Å². The monoisotopic (exact) mass is 249 g/mol. The Balaban J connectivity index is 2.37. The topological polar surface area (TPSA) is 72.0 Å². The predicted octanol–water partition coefficient (Wildman–Crippen LogP) is 2.44. The Hall–Kier alpha value is -2.50. The normalized spacial score (nSPS) is 10.1. The molecule has 0 spiro atoms. The quantitative estimate of drug-likeness (QED) is 0.648. The summed E-state index contributed by atoms with van der Waals surface area (Å²) in [4.78, 5) is 3.87. The molecular weight excluding hydrogens is 240 g/mol. The molecule has 1 aromatic carbocycles. The van der Waals surface area contributed by atoms with Crippen molar-refractivity contribution in [3.05, 3.63) is 53.7 Å². The largest absolute Gasteiger partial charge is 0.438 e. The van der Waals surface area contributed by atoms with Gasteiger partial charge in [-0.2, -0.15) is 0 Å². The number of nitrogen functional groups attached to an aromatic ring is 1. The summed E-state index contributed by atoms with van der Waals surface area (Å²) in [5.41, 5.74) is 5.60. The Morgan fingerprint density at radius 3 is 2.50 bits per heavy atom. The van der Waals surface area contributed by atoms with E-state index in [1.54, 1.807) is 6.07 Å². The number of nitrogens with two attached hydrogens (primary N) is 1. The maximum atomic E-state index is 13.0. The van der Waals surface area contributed by atoms with Crippen LogP contribution in [0.1, 0.15) is 5.56 Å². The Morgan fingerprint density at radius 1 is 1.22 bits per heavy atom. The van der Waals surface area contributed by atoms with Crippen molar-refractivity contribution in [3.8, 4) is 11.6 Å². The van der Waals surface area contributed by atoms with E-state index in [2.05, 4.69) is 4.98 Å². The number of benzene rings is 1. The first kappa shape index (κ1) is 12.0. The molecule has 0 unspecified atom stereocenters. The molecule has 0 amide bonds. The summed E-state index contributed by atoms with van der Waals surface area (Å²) in [6.45, 7) is 0. The number of rotatable bonds is 3. The van der Waals surface area contributed by atoms with E-state index in [-0.39, 0.29) is 23.0 Å². The molecule has 0 aliphatic rings. The minimum absolute atomic E-state index is 0.0231. The second kappa shape index (κ2) is 4.79. The molecule has 3 N–H and O–H groups in total. The lowest BCUT2D eigenvalue weighted by Crippen LogP contribution is -2.12. The molecule has 4 nitrogen and oxygen atoms in total. The van der Waals surface area contributed by atoms with E-state index in [1.807, 2.05) is 0 Å². The van der Waals surface area contributed by atoms with Crippen LogP contribution in [0.5, 0.6) is 11.6 Å². The van der Waals surface area contributed by atoms with Crippen LogP contribution in [0.2, 0.25) is 0 Å². The molecule has 0 aliphatic heterocycles. The van der Waals surface area contributed by atoms with Gasteiger partial charge in [-0.05, 0) is 12.1 Å². The fourth-order valence-electron chi connectivity index (χ4n) is 1.38. The molecular formula is C12H9F2N3O. The molecule has 1 heterocycles. The zero-order valence-corrected chi connectivity index (χ0v) is 9.15. The highest BCUT2D eigenvalue weighted by Gasteiger charge is 2.10. The van der Waals surface area contributed by atoms with Crippen molar-refractivity contribution in [2.45, 2.75) is 0 Å². The van der Waals surface area contributed by atoms with Gasteiger partial charge < -0.3 is 10.5 Å². The maximum Gasteiger partial charge on any atom is 0.230 e. The smallest absolute Gasteiger partial charge is 0.230 e. The molecule has 6 heteroatoms. The van der Waals surface area contributed by atoms with Gasteiger partial charge in [0, 0.05) is 24.4 Å². The van der Waals surface area contributed by atoms with E-state index in [0.29, 0.717) is 0 Å². The lowest BCUT2D eigenvalue weighted by Gasteiger charge is -2.08. The first-order valence-electron chi connectivity index (χ1n) is 4.99. The highest BCUT2D eigenvalue weighted by atomic mass is 19.1. The van der Waals surface area contributed by atoms with Crippen molar-refractivity contribution >= 4 is 5.84 Å². The van der Waals surface area contributed by atoms with Gasteiger partial charge in [0.15, 0.2) is 0 Å². The fraction of sp³-hybridized carbons (Fsp3) is 0. The van der Waals surface area contributed by atoms with Gasteiger partial charge in [0.2, 0.25) is 5.88 Å². The van der Waals surface area contributed by atoms with E-state index in [9.17, 15) is 8.78 Å². The van der Waals surface area contributed by atoms with Crippen LogP contribution < -0.4 is 10.5 Å². The molecule has 0 bridgehead atoms. The van der Waals surface area contributed by atoms with Crippen molar-refractivity contribution in [2.24, 2.45) is 5.73 Å². The van der Waals surface area contributed by atoms with Crippen molar-refractivity contribution in [3.63, 3.8) is 0 Å². The van der Waals surface area contributed by atoms with Gasteiger partial charge in [0.25, 0.3) is 0 Å². The number of hydrogen-bond acceptors (Lipinski definition) is 3. The number of pyridine rings is 1. The van der Waals surface area contributed by atoms with E-state index >= 15 is 0 Å². The van der Waals surface area contributed by atoms with Gasteiger partial charge in [-0.3, -0.25) is 5.41 Å². The highest BCUT2D eigenvalue weighted by Crippen LogP contribution is 2.24. The molecule has 0 aliphatic carbocycles. The van der Waals surface area contributed by atoms with Crippen LogP contribution in [0.25, 0.3) is 0 Å². The van der Waals surface area contributed by atoms with Gasteiger partial charge in [-0.1, -0.05) is 0 Å². The van der Waals surface area contributed by atoms with Crippen LogP contribution in [0.4, 0.5) is 8.78 Å². The molecule has 0 saturated heterocycles. The second-order valence-electron chi connectivity index (χ2n) is 3.48. The molecule has 18 heavy (non-hydrogen) atoms. The van der Waals surface area contributed by atoms with E-state index in [0.717, 1.165) is 18.2 Å². The lowest BCUT2D eigenvalue weighted by atomic mass is 10.2. The Labute approximate surface area is 102 Å². The minimum atomic E-state index is -0.759. The zero-order valence-electron chi connectivity index (χ0n) is 9.15. The lowest BCUT2D eigenvalue weighted by molar-refractivity contribution is 0.450. The van der Waals surface area contributed by atoms with E-state index in [1.165, 1.54) is 12.3 Å². The Bertz CT molecular complexity index is 581. The second-order valence-corrected chi connectivity index (χ2v) is 3.48. The first-order valence-corrected chi connectivity index (χ1v) is 4.99. The van der Waals surface area contributed by atoms with Crippen LogP contribution >= 0.6 is 0 Å². The van der Waals surface area contributed by atoms with Crippen molar-refractivity contribution in [1.82, 2.24) is 4.98 Å². The van der Waals surface area contributed by atoms with Gasteiger partial charge in [-0.15, -0.1) is 0 Å². The van der Waals surface area contributed by atoms with Gasteiger partial charge in [-0.25, -0.2) is 13.8 Å². The van der Waals surface area contributed by atoms with Crippen LogP contribution in [-0.4, -0.2) is 10.8 Å². The predicted molar refractivity (Wildman–Crippen MR) is 61.7 cm³/mol. The SMILES string of the molecule is N=C(N)c1cccnc1Oc1cc(F)cc(F)c1. The number of halogens is 2. The molecule has 0 saturated carbocycles. The molecule has 0 atom stereocenters. The molecule has 92 valence electrons. The highest BCUT2D eigenvalue weighted by molar-refractivity contribution is 5.97. The Morgan fingerprint density at radius 2 is 1.89 bits per heavy atom. The van der Waals surface area contributed by atoms with Crippen molar-refractivity contribution in [1.29, 1.82) is 5.41 Å². The number of hydrogen-bond donors (Lipinski definition) is 2. The summed E-state index contributed by atoms with van der Waals surface area (Å²) in [6, 6.07) is 5.87. The van der Waals surface area contributed by atoms with Crippen molar-refractivity contribution in [2.75, 3.05) is 0 Å². The molecule has 0 fully saturated rings. The number of nitrogens with one attached hydrogen (secondary N) is 1. The summed E-state index contributed by atoms with van der Waals surface area (Å²) in [7, 11) is 0. The standard InChI is InChI=1S/C12H9F2N3O/c13-7-4-8(14)6-9(5-7)18-12-10(11(15)16)2-1-3-17-12/h1-6H,(H3,15,16). The van der Waals surface area contributed by atoms with Gasteiger partial charge in [0.1, 0.15) is 23.2 Å². The molecule has 2 rings (SSSR count). The summed E-state index contributed by atoms with van der Waals surface area (Å²) in [6.07, 6.45) is 1.43. The van der Waals surface area contributed by atoms with Crippen molar-refractivity contribution < 1.29 is 13.5 Å². The number of ether oxygens (including phenoxy) is 1. The number of amidine groups is 1. The maximum absolute atomic E-state index is 13.0. The average Bonchev–Trinajstić information content (AvgIpc) is 2.27. The summed E-state index contributed by atoms with van der Waals surface area (Å²) < 4.78 is 31.2. The van der Waals surface area contributed by atoms with Gasteiger partial charge in [0.05, 0.1) is 5.56 Å². The third-order valence-electron chi connectivity index (χ3n) is 2.11.